The quantitative estimate of drug-likeness (QED) is 0.748. The van der Waals surface area contributed by atoms with Crippen molar-refractivity contribution in [2.75, 3.05) is 32.7 Å². The maximum absolute atomic E-state index is 12.9. The maximum atomic E-state index is 12.9. The van der Waals surface area contributed by atoms with E-state index in [1.807, 2.05) is 42.5 Å². The normalized spacial score (nSPS) is 20.3. The van der Waals surface area contributed by atoms with Gasteiger partial charge in [-0.25, -0.2) is 4.79 Å². The summed E-state index contributed by atoms with van der Waals surface area (Å²) in [6.07, 6.45) is 3.08. The standard InChI is InChI=1S/C24H26N4O4/c29-20(16-28-22(31)24(25-23(28)32)9-3-4-10-24)26-11-13-27(14-12-26)21(30)19-8-7-17-5-1-2-6-18(17)15-19/h1-2,5-8,15H,3-4,9-14,16H2,(H,25,32). The number of rotatable bonds is 3. The van der Waals surface area contributed by atoms with E-state index in [9.17, 15) is 19.2 Å². The Balaban J connectivity index is 1.19. The number of hydrogen-bond donors (Lipinski definition) is 1. The summed E-state index contributed by atoms with van der Waals surface area (Å²) in [5.41, 5.74) is -0.174. The average Bonchev–Trinajstić information content (AvgIpc) is 3.38. The summed E-state index contributed by atoms with van der Waals surface area (Å²) in [6.45, 7) is 1.36. The second-order valence-electron chi connectivity index (χ2n) is 8.85. The third kappa shape index (κ3) is 3.49. The molecule has 2 heterocycles. The van der Waals surface area contributed by atoms with Gasteiger partial charge in [-0.15, -0.1) is 0 Å². The highest BCUT2D eigenvalue weighted by Crippen LogP contribution is 2.35. The lowest BCUT2D eigenvalue weighted by Gasteiger charge is -2.35. The molecule has 166 valence electrons. The number of carbonyl (C=O) groups is 4. The molecule has 1 aliphatic carbocycles. The van der Waals surface area contributed by atoms with Crippen molar-refractivity contribution in [1.29, 1.82) is 0 Å². The van der Waals surface area contributed by atoms with Crippen LogP contribution in [0.1, 0.15) is 36.0 Å². The molecular formula is C24H26N4O4. The van der Waals surface area contributed by atoms with Gasteiger partial charge in [0.25, 0.3) is 11.8 Å². The fourth-order valence-corrected chi connectivity index (χ4v) is 5.04. The third-order valence-electron chi connectivity index (χ3n) is 6.91. The van der Waals surface area contributed by atoms with Crippen molar-refractivity contribution in [3.05, 3.63) is 48.0 Å². The largest absolute Gasteiger partial charge is 0.338 e. The summed E-state index contributed by atoms with van der Waals surface area (Å²) in [7, 11) is 0. The third-order valence-corrected chi connectivity index (χ3v) is 6.91. The molecule has 8 nitrogen and oxygen atoms in total. The first-order chi connectivity index (χ1) is 15.5. The van der Waals surface area contributed by atoms with Crippen LogP contribution < -0.4 is 5.32 Å². The molecule has 32 heavy (non-hydrogen) atoms. The van der Waals surface area contributed by atoms with Gasteiger partial charge >= 0.3 is 6.03 Å². The lowest BCUT2D eigenvalue weighted by atomic mass is 9.98. The summed E-state index contributed by atoms with van der Waals surface area (Å²) in [5, 5.41) is 4.90. The summed E-state index contributed by atoms with van der Waals surface area (Å²) in [4.78, 5) is 55.3. The van der Waals surface area contributed by atoms with Gasteiger partial charge < -0.3 is 15.1 Å². The predicted molar refractivity (Wildman–Crippen MR) is 118 cm³/mol. The highest BCUT2D eigenvalue weighted by molar-refractivity contribution is 6.09. The van der Waals surface area contributed by atoms with Gasteiger partial charge in [-0.05, 0) is 35.7 Å². The Morgan fingerprint density at radius 1 is 0.875 bits per heavy atom. The van der Waals surface area contributed by atoms with Crippen molar-refractivity contribution in [3.63, 3.8) is 0 Å². The molecule has 2 saturated heterocycles. The number of nitrogens with one attached hydrogen (secondary N) is 1. The van der Waals surface area contributed by atoms with Crippen molar-refractivity contribution < 1.29 is 19.2 Å². The van der Waals surface area contributed by atoms with Crippen LogP contribution in [0.2, 0.25) is 0 Å². The van der Waals surface area contributed by atoms with Crippen LogP contribution in [-0.2, 0) is 9.59 Å². The second kappa shape index (κ2) is 7.93. The van der Waals surface area contributed by atoms with Gasteiger partial charge in [-0.1, -0.05) is 43.2 Å². The van der Waals surface area contributed by atoms with E-state index < -0.39 is 11.6 Å². The zero-order chi connectivity index (χ0) is 22.3. The highest BCUT2D eigenvalue weighted by atomic mass is 16.2. The molecule has 0 bridgehead atoms. The molecule has 8 heteroatoms. The SMILES string of the molecule is O=C(CN1C(=O)NC2(CCCC2)C1=O)N1CCN(C(=O)c2ccc3ccccc3c2)CC1. The van der Waals surface area contributed by atoms with E-state index in [0.29, 0.717) is 44.6 Å². The molecule has 2 aliphatic heterocycles. The van der Waals surface area contributed by atoms with Crippen molar-refractivity contribution >= 4 is 34.5 Å². The van der Waals surface area contributed by atoms with E-state index >= 15 is 0 Å². The van der Waals surface area contributed by atoms with E-state index in [-0.39, 0.29) is 24.3 Å². The van der Waals surface area contributed by atoms with Gasteiger partial charge in [0.1, 0.15) is 12.1 Å². The highest BCUT2D eigenvalue weighted by Gasteiger charge is 2.52. The molecule has 5 amide bonds. The zero-order valence-electron chi connectivity index (χ0n) is 17.9. The molecule has 1 saturated carbocycles. The molecule has 3 aliphatic rings. The predicted octanol–water partition coefficient (Wildman–Crippen LogP) is 1.99. The minimum Gasteiger partial charge on any atom is -0.338 e. The van der Waals surface area contributed by atoms with Crippen LogP contribution in [0, 0.1) is 0 Å². The number of benzene rings is 2. The average molecular weight is 434 g/mol. The Labute approximate surface area is 186 Å². The Morgan fingerprint density at radius 2 is 1.53 bits per heavy atom. The maximum Gasteiger partial charge on any atom is 0.325 e. The fourth-order valence-electron chi connectivity index (χ4n) is 5.04. The lowest BCUT2D eigenvalue weighted by Crippen LogP contribution is -2.53. The van der Waals surface area contributed by atoms with E-state index in [2.05, 4.69) is 5.32 Å². The first kappa shape index (κ1) is 20.5. The van der Waals surface area contributed by atoms with Crippen LogP contribution in [0.25, 0.3) is 10.8 Å². The molecule has 1 N–H and O–H groups in total. The molecule has 0 aromatic heterocycles. The Hall–Kier alpha value is -3.42. The van der Waals surface area contributed by atoms with E-state index in [4.69, 9.17) is 0 Å². The van der Waals surface area contributed by atoms with Gasteiger partial charge in [0.05, 0.1) is 0 Å². The molecule has 1 spiro atoms. The Kier molecular flexibility index (Phi) is 5.07. The summed E-state index contributed by atoms with van der Waals surface area (Å²) >= 11 is 0. The van der Waals surface area contributed by atoms with Crippen LogP contribution in [0.15, 0.2) is 42.5 Å². The van der Waals surface area contributed by atoms with Gasteiger partial charge in [-0.3, -0.25) is 19.3 Å². The molecule has 2 aromatic rings. The first-order valence-electron chi connectivity index (χ1n) is 11.2. The van der Waals surface area contributed by atoms with Gasteiger partial charge in [0.15, 0.2) is 0 Å². The van der Waals surface area contributed by atoms with Crippen molar-refractivity contribution in [3.8, 4) is 0 Å². The zero-order valence-corrected chi connectivity index (χ0v) is 17.9. The summed E-state index contributed by atoms with van der Waals surface area (Å²) in [5.74, 6) is -0.597. The molecular weight excluding hydrogens is 408 g/mol. The lowest BCUT2D eigenvalue weighted by molar-refractivity contribution is -0.139. The number of piperazine rings is 1. The minimum atomic E-state index is -0.803. The van der Waals surface area contributed by atoms with E-state index in [1.165, 1.54) is 0 Å². The minimum absolute atomic E-state index is 0.0554. The topological polar surface area (TPSA) is 90.0 Å². The van der Waals surface area contributed by atoms with Crippen LogP contribution in [0.5, 0.6) is 0 Å². The van der Waals surface area contributed by atoms with E-state index in [1.54, 1.807) is 9.80 Å². The van der Waals surface area contributed by atoms with Crippen LogP contribution in [-0.4, -0.2) is 76.7 Å². The van der Waals surface area contributed by atoms with Crippen molar-refractivity contribution in [1.82, 2.24) is 20.0 Å². The molecule has 2 aromatic carbocycles. The number of hydrogen-bond acceptors (Lipinski definition) is 4. The molecule has 5 rings (SSSR count). The number of carbonyl (C=O) groups excluding carboxylic acids is 4. The number of nitrogens with zero attached hydrogens (tertiary/aromatic N) is 3. The molecule has 0 atom stereocenters. The number of urea groups is 1. The van der Waals surface area contributed by atoms with Crippen molar-refractivity contribution in [2.45, 2.75) is 31.2 Å². The first-order valence-corrected chi connectivity index (χ1v) is 11.2. The van der Waals surface area contributed by atoms with Gasteiger partial charge in [0, 0.05) is 31.7 Å². The summed E-state index contributed by atoms with van der Waals surface area (Å²) < 4.78 is 0. The smallest absolute Gasteiger partial charge is 0.325 e. The Bertz CT molecular complexity index is 1100. The molecule has 3 fully saturated rings. The second-order valence-corrected chi connectivity index (χ2v) is 8.85. The van der Waals surface area contributed by atoms with E-state index in [0.717, 1.165) is 28.5 Å². The molecule has 0 radical (unpaired) electrons. The summed E-state index contributed by atoms with van der Waals surface area (Å²) in [6, 6.07) is 13.1. The van der Waals surface area contributed by atoms with Crippen LogP contribution in [0.3, 0.4) is 0 Å². The molecule has 0 unspecified atom stereocenters. The fraction of sp³-hybridized carbons (Fsp3) is 0.417. The number of imide groups is 1. The number of fused-ring (bicyclic) bond motifs is 1. The van der Waals surface area contributed by atoms with Crippen LogP contribution >= 0.6 is 0 Å². The monoisotopic (exact) mass is 434 g/mol. The van der Waals surface area contributed by atoms with Crippen LogP contribution in [0.4, 0.5) is 4.79 Å². The van der Waals surface area contributed by atoms with Crippen molar-refractivity contribution in [2.24, 2.45) is 0 Å². The van der Waals surface area contributed by atoms with Gasteiger partial charge in [-0.2, -0.15) is 0 Å². The number of amides is 5. The van der Waals surface area contributed by atoms with Gasteiger partial charge in [0.2, 0.25) is 5.91 Å². The Morgan fingerprint density at radius 3 is 2.25 bits per heavy atom.